The summed E-state index contributed by atoms with van der Waals surface area (Å²) in [7, 11) is 0. The van der Waals surface area contributed by atoms with Gasteiger partial charge in [-0.1, -0.05) is 0 Å². The van der Waals surface area contributed by atoms with Gasteiger partial charge >= 0.3 is 59.1 Å². The van der Waals surface area contributed by atoms with Crippen molar-refractivity contribution in [1.82, 2.24) is 0 Å². The number of rotatable bonds is 0. The number of carbonyl (C=O) groups is 1. The quantitative estimate of drug-likeness (QED) is 0.267. The van der Waals surface area contributed by atoms with E-state index in [-0.39, 0.29) is 64.9 Å². The average Bonchev–Trinajstić information content (AvgIpc) is 1.33. The molecule has 3 nitrogen and oxygen atoms in total. The maximum Gasteiger partial charge on any atom is 1.00 e. The summed E-state index contributed by atoms with van der Waals surface area (Å²) in [4.78, 5) is 9.44. The Kier molecular flexibility index (Phi) is 56.1. The molecule has 0 fully saturated rings. The van der Waals surface area contributed by atoms with Crippen LogP contribution in [0.1, 0.15) is 13.8 Å². The average molecular weight is 168 g/mol. The minimum absolute atomic E-state index is 0. The Morgan fingerprint density at radius 2 is 1.22 bits per heavy atom. The Bertz CT molecular complexity index is 48.3. The molecule has 0 saturated heterocycles. The van der Waals surface area contributed by atoms with Crippen LogP contribution in [0.15, 0.2) is 0 Å². The van der Waals surface area contributed by atoms with Crippen LogP contribution in [-0.4, -0.2) is 14.9 Å². The molecular weight excluding hydrogens is 162 g/mol. The first-order valence-electron chi connectivity index (χ1n) is 1.54. The van der Waals surface area contributed by atoms with Gasteiger partial charge in [0.2, 0.25) is 0 Å². The van der Waals surface area contributed by atoms with Crippen molar-refractivity contribution in [2.45, 2.75) is 13.8 Å². The van der Waals surface area contributed by atoms with Gasteiger partial charge in [-0.15, -0.1) is 0 Å². The van der Waals surface area contributed by atoms with Gasteiger partial charge in [-0.3, -0.25) is 0 Å². The van der Waals surface area contributed by atoms with Crippen LogP contribution in [0.5, 0.6) is 0 Å². The molecule has 0 atom stereocenters. The molecular formula is C3H6Na2O3S. The molecule has 0 rings (SSSR count). The molecule has 0 saturated carbocycles. The monoisotopic (exact) mass is 168 g/mol. The summed E-state index contributed by atoms with van der Waals surface area (Å²) in [5.41, 5.74) is 0. The van der Waals surface area contributed by atoms with Gasteiger partial charge in [-0.05, 0) is 13.8 Å². The van der Waals surface area contributed by atoms with E-state index >= 15 is 0 Å². The van der Waals surface area contributed by atoms with Crippen LogP contribution in [-0.2, 0) is 4.79 Å². The minimum Gasteiger partial charge on any atom is -0.811 e. The van der Waals surface area contributed by atoms with E-state index in [1.807, 2.05) is 0 Å². The van der Waals surface area contributed by atoms with E-state index in [0.717, 1.165) is 0 Å². The molecule has 0 N–H and O–H groups in total. The third kappa shape index (κ3) is 167. The van der Waals surface area contributed by atoms with Crippen molar-refractivity contribution >= 4 is 18.1 Å². The van der Waals surface area contributed by atoms with Crippen LogP contribution in [0.2, 0.25) is 0 Å². The standard InChI is InChI=1S/C3H6O.2Na.H2O2S/c1-3(2)4;;;1-3-2/h1-2H3;;;1-2H/q;2*+1;/p-2. The van der Waals surface area contributed by atoms with Gasteiger partial charge in [0.1, 0.15) is 5.78 Å². The Morgan fingerprint density at radius 3 is 1.22 bits per heavy atom. The van der Waals surface area contributed by atoms with Crippen molar-refractivity contribution in [2.75, 3.05) is 0 Å². The van der Waals surface area contributed by atoms with E-state index in [1.54, 1.807) is 0 Å². The summed E-state index contributed by atoms with van der Waals surface area (Å²) in [5, 5.41) is 0. The van der Waals surface area contributed by atoms with Crippen LogP contribution in [0.4, 0.5) is 0 Å². The normalized spacial score (nSPS) is 4.89. The fourth-order valence-electron chi connectivity index (χ4n) is 0. The fourth-order valence-corrected chi connectivity index (χ4v) is 0. The van der Waals surface area contributed by atoms with Gasteiger partial charge in [0, 0.05) is 0 Å². The van der Waals surface area contributed by atoms with Gasteiger partial charge in [-0.25, -0.2) is 0 Å². The number of carbonyl (C=O) groups excluding carboxylic acids is 1. The van der Waals surface area contributed by atoms with Gasteiger partial charge in [-0.2, -0.15) is 0 Å². The molecule has 0 spiro atoms. The molecule has 0 aromatic rings. The molecule has 0 radical (unpaired) electrons. The molecule has 0 amide bonds. The second-order valence-corrected chi connectivity index (χ2v) is 1.11. The Balaban J connectivity index is -0.0000000233. The second kappa shape index (κ2) is 22.5. The fraction of sp³-hybridized carbons (Fsp3) is 0.667. The largest absolute Gasteiger partial charge is 1.00 e. The molecule has 0 heterocycles. The minimum atomic E-state index is -0.750. The Hall–Kier alpha value is 1.94. The molecule has 0 aliphatic carbocycles. The molecule has 0 aliphatic rings. The Labute approximate surface area is 104 Å². The number of ketones is 1. The van der Waals surface area contributed by atoms with E-state index in [9.17, 15) is 4.79 Å². The summed E-state index contributed by atoms with van der Waals surface area (Å²) in [5.74, 6) is 0.167. The number of hydrogen-bond donors (Lipinski definition) is 0. The maximum atomic E-state index is 9.44. The summed E-state index contributed by atoms with van der Waals surface area (Å²) in [6, 6.07) is 0. The van der Waals surface area contributed by atoms with Crippen molar-refractivity contribution in [3.05, 3.63) is 0 Å². The zero-order valence-electron chi connectivity index (χ0n) is 6.13. The third-order valence-electron chi connectivity index (χ3n) is 0. The molecule has 44 valence electrons. The van der Waals surface area contributed by atoms with E-state index in [4.69, 9.17) is 9.11 Å². The van der Waals surface area contributed by atoms with Gasteiger partial charge in [0.15, 0.2) is 0 Å². The van der Waals surface area contributed by atoms with Crippen molar-refractivity contribution < 1.29 is 73.0 Å². The molecule has 6 heteroatoms. The van der Waals surface area contributed by atoms with Gasteiger partial charge in [0.25, 0.3) is 0 Å². The first kappa shape index (κ1) is 22.4. The van der Waals surface area contributed by atoms with Crippen molar-refractivity contribution in [1.29, 1.82) is 0 Å². The summed E-state index contributed by atoms with van der Waals surface area (Å²) in [6.07, 6.45) is 0. The van der Waals surface area contributed by atoms with Crippen LogP contribution < -0.4 is 59.1 Å². The number of Topliss-reactive ketones (excluding diaryl/α,β-unsaturated/α-hetero) is 1. The van der Waals surface area contributed by atoms with Crippen LogP contribution in [0, 0.1) is 0 Å². The van der Waals surface area contributed by atoms with Crippen molar-refractivity contribution in [3.8, 4) is 0 Å². The van der Waals surface area contributed by atoms with Gasteiger partial charge in [0.05, 0.1) is 0 Å². The zero-order valence-corrected chi connectivity index (χ0v) is 10.9. The van der Waals surface area contributed by atoms with E-state index in [0.29, 0.717) is 0 Å². The molecule has 0 aromatic carbocycles. The number of hydrogen-bond acceptors (Lipinski definition) is 4. The van der Waals surface area contributed by atoms with Crippen molar-refractivity contribution in [2.24, 2.45) is 0 Å². The smallest absolute Gasteiger partial charge is 0.811 e. The molecule has 0 aromatic heterocycles. The van der Waals surface area contributed by atoms with Crippen LogP contribution in [0.3, 0.4) is 0 Å². The topological polar surface area (TPSA) is 63.2 Å². The van der Waals surface area contributed by atoms with E-state index in [1.165, 1.54) is 13.8 Å². The first-order valence-corrected chi connectivity index (χ1v) is 2.20. The van der Waals surface area contributed by atoms with Gasteiger partial charge < -0.3 is 26.2 Å². The molecule has 0 unspecified atom stereocenters. The second-order valence-electron chi connectivity index (χ2n) is 0.976. The van der Waals surface area contributed by atoms with Crippen LogP contribution >= 0.6 is 12.3 Å². The predicted molar refractivity (Wildman–Crippen MR) is 25.5 cm³/mol. The first-order chi connectivity index (χ1) is 3.15. The summed E-state index contributed by atoms with van der Waals surface area (Å²) < 4.78 is 16.6. The van der Waals surface area contributed by atoms with Crippen LogP contribution in [0.25, 0.3) is 0 Å². The third-order valence-corrected chi connectivity index (χ3v) is 0. The summed E-state index contributed by atoms with van der Waals surface area (Å²) >= 11 is -0.750. The maximum absolute atomic E-state index is 9.44. The molecule has 0 bridgehead atoms. The van der Waals surface area contributed by atoms with E-state index in [2.05, 4.69) is 0 Å². The van der Waals surface area contributed by atoms with E-state index < -0.39 is 12.3 Å². The SMILES string of the molecule is CC(C)=O.[Na+].[Na+].[O-]S[O-]. The zero-order chi connectivity index (χ0) is 6.28. The predicted octanol–water partition coefficient (Wildman–Crippen LogP) is -5.42. The summed E-state index contributed by atoms with van der Waals surface area (Å²) in [6.45, 7) is 3.06. The Morgan fingerprint density at radius 1 is 1.22 bits per heavy atom. The molecule has 0 aliphatic heterocycles. The van der Waals surface area contributed by atoms with Crippen molar-refractivity contribution in [3.63, 3.8) is 0 Å². The molecule has 9 heavy (non-hydrogen) atoms.